The number of H-pyrrole nitrogens is 1. The van der Waals surface area contributed by atoms with E-state index >= 15 is 0 Å². The van der Waals surface area contributed by atoms with Crippen LogP contribution in [0.25, 0.3) is 16.8 Å². The molecule has 1 aliphatic carbocycles. The second-order valence-electron chi connectivity index (χ2n) is 15.6. The van der Waals surface area contributed by atoms with Crippen molar-refractivity contribution >= 4 is 50.7 Å². The van der Waals surface area contributed by atoms with Crippen LogP contribution in [-0.4, -0.2) is 88.1 Å². The highest BCUT2D eigenvalue weighted by Gasteiger charge is 2.46. The molecule has 1 spiro atoms. The van der Waals surface area contributed by atoms with Crippen LogP contribution in [0.1, 0.15) is 66.9 Å². The maximum Gasteiger partial charge on any atom is 0.255 e. The Labute approximate surface area is 329 Å². The summed E-state index contributed by atoms with van der Waals surface area (Å²) in [4.78, 5) is 46.0. The Hall–Kier alpha value is -5.81. The van der Waals surface area contributed by atoms with Gasteiger partial charge in [-0.05, 0) is 111 Å². The number of sulfonamides is 1. The van der Waals surface area contributed by atoms with Crippen LogP contribution in [0, 0.1) is 18.3 Å². The fourth-order valence-corrected chi connectivity index (χ4v) is 10.2. The molecule has 3 aromatic heterocycles. The molecule has 2 saturated heterocycles. The maximum atomic E-state index is 13.4. The number of piperidine rings is 2. The molecule has 5 aromatic rings. The number of aromatic nitrogens is 5. The Morgan fingerprint density at radius 3 is 2.60 bits per heavy atom. The summed E-state index contributed by atoms with van der Waals surface area (Å²) in [5.74, 6) is 0.341. The smallest absolute Gasteiger partial charge is 0.255 e. The van der Waals surface area contributed by atoms with Crippen LogP contribution in [0.3, 0.4) is 0 Å². The highest BCUT2D eigenvalue weighted by Crippen LogP contribution is 2.53. The number of aryl methyl sites for hydroxylation is 1. The largest absolute Gasteiger partial charge is 0.489 e. The predicted octanol–water partition coefficient (Wildman–Crippen LogP) is 4.31. The molecule has 0 bridgehead atoms. The summed E-state index contributed by atoms with van der Waals surface area (Å²) in [6.45, 7) is 6.72. The number of benzene rings is 2. The van der Waals surface area contributed by atoms with Gasteiger partial charge >= 0.3 is 0 Å². The summed E-state index contributed by atoms with van der Waals surface area (Å²) in [5, 5.41) is 17.0. The highest BCUT2D eigenvalue weighted by atomic mass is 32.2. The molecule has 1 unspecified atom stereocenters. The van der Waals surface area contributed by atoms with Gasteiger partial charge in [-0.2, -0.15) is 10.1 Å². The number of aromatic amines is 1. The molecular formula is C40H44N10O6S. The number of rotatable bonds is 11. The number of anilines is 3. The monoisotopic (exact) mass is 792 g/mol. The van der Waals surface area contributed by atoms with Crippen molar-refractivity contribution in [3.8, 4) is 16.9 Å². The Kier molecular flexibility index (Phi) is 9.23. The first-order valence-electron chi connectivity index (χ1n) is 19.4. The number of hydrogen-bond donors (Lipinski definition) is 4. The molecule has 3 amide bonds. The zero-order chi connectivity index (χ0) is 39.5. The first-order valence-corrected chi connectivity index (χ1v) is 20.9. The van der Waals surface area contributed by atoms with Gasteiger partial charge in [0.05, 0.1) is 17.7 Å². The molecule has 3 aliphatic heterocycles. The third-order valence-corrected chi connectivity index (χ3v) is 13.4. The summed E-state index contributed by atoms with van der Waals surface area (Å²) < 4.78 is 37.3. The fourth-order valence-electron chi connectivity index (χ4n) is 8.98. The molecule has 17 heteroatoms. The van der Waals surface area contributed by atoms with E-state index in [2.05, 4.69) is 46.6 Å². The normalized spacial score (nSPS) is 19.5. The third-order valence-electron chi connectivity index (χ3n) is 12.0. The molecule has 1 saturated carbocycles. The average Bonchev–Trinajstić information content (AvgIpc) is 3.94. The van der Waals surface area contributed by atoms with E-state index in [4.69, 9.17) is 4.74 Å². The number of carbonyl (C=O) groups is 3. The van der Waals surface area contributed by atoms with Crippen LogP contribution in [0.5, 0.6) is 5.75 Å². The number of imide groups is 1. The fraction of sp³-hybridized carbons (Fsp3) is 0.400. The molecule has 4 N–H and O–H groups in total. The third kappa shape index (κ3) is 6.88. The second-order valence-corrected chi connectivity index (χ2v) is 17.4. The Bertz CT molecular complexity index is 2500. The van der Waals surface area contributed by atoms with Crippen LogP contribution in [0.15, 0.2) is 66.0 Å². The molecule has 6 heterocycles. The van der Waals surface area contributed by atoms with Crippen molar-refractivity contribution < 1.29 is 27.5 Å². The summed E-state index contributed by atoms with van der Waals surface area (Å²) >= 11 is 0. The molecule has 1 atom stereocenters. The van der Waals surface area contributed by atoms with Gasteiger partial charge in [0.25, 0.3) is 5.91 Å². The lowest BCUT2D eigenvalue weighted by Gasteiger charge is -2.52. The van der Waals surface area contributed by atoms with Crippen molar-refractivity contribution in [3.63, 3.8) is 0 Å². The Morgan fingerprint density at radius 1 is 1.04 bits per heavy atom. The Balaban J connectivity index is 0.776. The van der Waals surface area contributed by atoms with Gasteiger partial charge in [-0.25, -0.2) is 17.7 Å². The molecule has 9 rings (SSSR count). The lowest BCUT2D eigenvalue weighted by Crippen LogP contribution is -2.52. The van der Waals surface area contributed by atoms with Crippen molar-refractivity contribution in [2.24, 2.45) is 11.3 Å². The molecule has 296 valence electrons. The van der Waals surface area contributed by atoms with E-state index in [1.54, 1.807) is 40.0 Å². The quantitative estimate of drug-likeness (QED) is 0.139. The molecule has 57 heavy (non-hydrogen) atoms. The van der Waals surface area contributed by atoms with E-state index in [-0.39, 0.29) is 34.5 Å². The first kappa shape index (κ1) is 36.8. The lowest BCUT2D eigenvalue weighted by atomic mass is 9.57. The summed E-state index contributed by atoms with van der Waals surface area (Å²) in [7, 11) is -3.73. The number of ether oxygens (including phenoxy) is 1. The minimum atomic E-state index is -3.73. The minimum Gasteiger partial charge on any atom is -0.489 e. The molecule has 4 aliphatic rings. The van der Waals surface area contributed by atoms with Crippen LogP contribution in [0.4, 0.5) is 17.3 Å². The predicted molar refractivity (Wildman–Crippen MR) is 210 cm³/mol. The topological polar surface area (TPSA) is 196 Å². The minimum absolute atomic E-state index is 0.167. The molecule has 16 nitrogen and oxygen atoms in total. The van der Waals surface area contributed by atoms with E-state index in [1.165, 1.54) is 0 Å². The van der Waals surface area contributed by atoms with Crippen LogP contribution in [0.2, 0.25) is 0 Å². The average molecular weight is 793 g/mol. The van der Waals surface area contributed by atoms with Gasteiger partial charge in [-0.1, -0.05) is 0 Å². The van der Waals surface area contributed by atoms with E-state index in [1.807, 2.05) is 38.2 Å². The number of carbonyl (C=O) groups excluding carboxylic acids is 3. The number of hydrogen-bond acceptors (Lipinski definition) is 11. The van der Waals surface area contributed by atoms with Crippen molar-refractivity contribution in [3.05, 3.63) is 77.7 Å². The number of fused-ring (bicyclic) bond motifs is 2. The van der Waals surface area contributed by atoms with Crippen molar-refractivity contribution in [1.82, 2.24) is 39.7 Å². The van der Waals surface area contributed by atoms with Gasteiger partial charge in [0, 0.05) is 73.1 Å². The van der Waals surface area contributed by atoms with Crippen molar-refractivity contribution in [2.75, 3.05) is 36.5 Å². The van der Waals surface area contributed by atoms with Crippen LogP contribution in [-0.2, 0) is 26.2 Å². The first-order chi connectivity index (χ1) is 27.5. The van der Waals surface area contributed by atoms with Crippen molar-refractivity contribution in [2.45, 2.75) is 69.9 Å². The zero-order valence-electron chi connectivity index (χ0n) is 31.7. The molecule has 2 aromatic carbocycles. The van der Waals surface area contributed by atoms with Gasteiger partial charge in [0.15, 0.2) is 11.4 Å². The van der Waals surface area contributed by atoms with Gasteiger partial charge in [0.2, 0.25) is 27.8 Å². The lowest BCUT2D eigenvalue weighted by molar-refractivity contribution is -0.136. The molecule has 0 radical (unpaired) electrons. The summed E-state index contributed by atoms with van der Waals surface area (Å²) in [6.07, 6.45) is 9.87. The van der Waals surface area contributed by atoms with Crippen molar-refractivity contribution in [1.29, 1.82) is 0 Å². The summed E-state index contributed by atoms with van der Waals surface area (Å²) in [5.41, 5.74) is 6.46. The van der Waals surface area contributed by atoms with Gasteiger partial charge in [-0.3, -0.25) is 24.8 Å². The van der Waals surface area contributed by atoms with E-state index in [9.17, 15) is 22.8 Å². The molecular weight excluding hydrogens is 749 g/mol. The van der Waals surface area contributed by atoms with Crippen LogP contribution < -0.4 is 25.0 Å². The van der Waals surface area contributed by atoms with E-state index in [0.29, 0.717) is 54.7 Å². The van der Waals surface area contributed by atoms with Gasteiger partial charge in [0.1, 0.15) is 6.04 Å². The van der Waals surface area contributed by atoms with Gasteiger partial charge < -0.3 is 19.9 Å². The van der Waals surface area contributed by atoms with E-state index in [0.717, 1.165) is 66.7 Å². The number of nitrogens with one attached hydrogen (secondary N) is 4. The van der Waals surface area contributed by atoms with Gasteiger partial charge in [-0.15, -0.1) is 5.10 Å². The van der Waals surface area contributed by atoms with E-state index < -0.39 is 22.0 Å². The zero-order valence-corrected chi connectivity index (χ0v) is 32.6. The SMILES string of the molecule is CCOc1c(-c2cn[nH]c2)ccn2nc(Nc3ccc(S(=O)(=O)NCC4CC5(CCN(c6ccc7c(c6)CN(C6CCC(=O)NC6=O)C7=O)CC5)C4)cc3C)nc12. The highest BCUT2D eigenvalue weighted by molar-refractivity contribution is 7.89. The number of nitrogens with zero attached hydrogens (tertiary/aromatic N) is 6. The standard InChI is InChI=1S/C40H44N10O6S/c1-3-56-35-30(27-21-41-42-22-27)10-13-50-36(35)46-39(47-50)44-32-7-5-29(16-24(32)2)57(54,55)43-20-25-18-40(19-25)11-14-48(15-12-40)28-4-6-31-26(17-28)23-49(38(31)53)33-8-9-34(51)45-37(33)52/h4-7,10,13,16-17,21-22,25,33,43H,3,8-9,11-12,14-15,18-20,23H2,1-2H3,(H,41,42)(H,44,47)(H,45,51,52). The Morgan fingerprint density at radius 2 is 1.86 bits per heavy atom. The number of amides is 3. The maximum absolute atomic E-state index is 13.4. The summed E-state index contributed by atoms with van der Waals surface area (Å²) in [6, 6.07) is 12.2. The number of pyridine rings is 1. The second kappa shape index (κ2) is 14.3. The molecule has 3 fully saturated rings. The van der Waals surface area contributed by atoms with Crippen LogP contribution >= 0.6 is 0 Å².